The number of hydrogen-bond donors (Lipinski definition) is 1. The molecule has 0 aliphatic carbocycles. The molecule has 1 aliphatic rings. The van der Waals surface area contributed by atoms with Crippen molar-refractivity contribution in [2.45, 2.75) is 25.3 Å². The van der Waals surface area contributed by atoms with E-state index in [0.29, 0.717) is 6.54 Å². The number of carbonyl (C=O) groups is 1. The van der Waals surface area contributed by atoms with Gasteiger partial charge in [-0.05, 0) is 55.8 Å². The highest BCUT2D eigenvalue weighted by Crippen LogP contribution is 2.27. The molecular weight excluding hydrogens is 392 g/mol. The minimum atomic E-state index is -2.77. The van der Waals surface area contributed by atoms with E-state index in [9.17, 15) is 13.6 Å². The lowest BCUT2D eigenvalue weighted by molar-refractivity contribution is 0.0937. The van der Waals surface area contributed by atoms with Gasteiger partial charge < -0.3 is 10.1 Å². The first-order valence-electron chi connectivity index (χ1n) is 9.86. The third-order valence-electron chi connectivity index (χ3n) is 5.40. The fourth-order valence-electron chi connectivity index (χ4n) is 3.84. The van der Waals surface area contributed by atoms with Crippen LogP contribution in [-0.4, -0.2) is 52.1 Å². The Kier molecular flexibility index (Phi) is 5.89. The summed E-state index contributed by atoms with van der Waals surface area (Å²) in [5.41, 5.74) is 1.61. The first-order chi connectivity index (χ1) is 14.6. The van der Waals surface area contributed by atoms with E-state index < -0.39 is 12.2 Å². The molecule has 1 amide bonds. The van der Waals surface area contributed by atoms with Gasteiger partial charge in [0, 0.05) is 12.7 Å². The highest BCUT2D eigenvalue weighted by atomic mass is 19.3. The smallest absolute Gasteiger partial charge is 0.297 e. The van der Waals surface area contributed by atoms with Crippen LogP contribution in [0.3, 0.4) is 0 Å². The molecule has 2 aromatic heterocycles. The maximum absolute atomic E-state index is 13.1. The van der Waals surface area contributed by atoms with Crippen LogP contribution >= 0.6 is 0 Å². The van der Waals surface area contributed by atoms with Gasteiger partial charge >= 0.3 is 0 Å². The molecule has 0 radical (unpaired) electrons. The van der Waals surface area contributed by atoms with Crippen LogP contribution < -0.4 is 10.1 Å². The average molecular weight is 415 g/mol. The first kappa shape index (κ1) is 20.2. The number of nitrogens with one attached hydrogen (secondary N) is 1. The molecule has 3 aromatic rings. The number of ether oxygens (including phenoxy) is 1. The molecule has 1 atom stereocenters. The Morgan fingerprint density at radius 2 is 2.00 bits per heavy atom. The molecule has 30 heavy (non-hydrogen) atoms. The van der Waals surface area contributed by atoms with Crippen LogP contribution in [0, 0.1) is 0 Å². The van der Waals surface area contributed by atoms with E-state index in [1.165, 1.54) is 12.3 Å². The van der Waals surface area contributed by atoms with Gasteiger partial charge in [-0.15, -0.1) is 10.2 Å². The Labute approximate surface area is 172 Å². The van der Waals surface area contributed by atoms with Gasteiger partial charge in [0.05, 0.1) is 18.7 Å². The maximum atomic E-state index is 13.1. The summed E-state index contributed by atoms with van der Waals surface area (Å²) in [6, 6.07) is 10.9. The van der Waals surface area contributed by atoms with E-state index in [0.717, 1.165) is 41.6 Å². The number of benzene rings is 1. The molecule has 0 saturated carbocycles. The summed E-state index contributed by atoms with van der Waals surface area (Å²) in [5.74, 6) is -0.0514. The molecule has 158 valence electrons. The second-order valence-corrected chi connectivity index (χ2v) is 7.25. The molecule has 4 rings (SSSR count). The molecule has 1 fully saturated rings. The molecule has 7 nitrogen and oxygen atoms in total. The molecule has 1 aliphatic heterocycles. The number of hydrogen-bond acceptors (Lipinski definition) is 5. The molecule has 1 aromatic carbocycles. The predicted octanol–water partition coefficient (Wildman–Crippen LogP) is 3.24. The molecule has 1 N–H and O–H groups in total. The number of likely N-dealkylation sites (tertiary alicyclic amines) is 1. The molecule has 1 saturated heterocycles. The largest absolute Gasteiger partial charge is 0.497 e. The summed E-state index contributed by atoms with van der Waals surface area (Å²) >= 11 is 0. The molecule has 0 bridgehead atoms. The quantitative estimate of drug-likeness (QED) is 0.642. The Hall–Kier alpha value is -3.07. The van der Waals surface area contributed by atoms with E-state index in [1.54, 1.807) is 13.2 Å². The average Bonchev–Trinajstić information content (AvgIpc) is 3.43. The minimum Gasteiger partial charge on any atom is -0.497 e. The number of aromatic nitrogens is 3. The van der Waals surface area contributed by atoms with E-state index in [4.69, 9.17) is 4.74 Å². The van der Waals surface area contributed by atoms with Crippen molar-refractivity contribution >= 4 is 11.6 Å². The van der Waals surface area contributed by atoms with Crippen LogP contribution in [0.1, 0.15) is 47.1 Å². The van der Waals surface area contributed by atoms with Crippen molar-refractivity contribution in [3.8, 4) is 5.75 Å². The summed E-state index contributed by atoms with van der Waals surface area (Å²) in [4.78, 5) is 15.1. The zero-order chi connectivity index (χ0) is 21.1. The molecule has 9 heteroatoms. The van der Waals surface area contributed by atoms with Crippen LogP contribution in [0.4, 0.5) is 8.78 Å². The number of alkyl halides is 2. The van der Waals surface area contributed by atoms with Crippen LogP contribution in [-0.2, 0) is 0 Å². The number of nitrogens with zero attached hydrogens (tertiary/aromatic N) is 4. The monoisotopic (exact) mass is 415 g/mol. The lowest BCUT2D eigenvalue weighted by Gasteiger charge is -2.28. The number of pyridine rings is 1. The molecule has 0 unspecified atom stereocenters. The topological polar surface area (TPSA) is 71.8 Å². The van der Waals surface area contributed by atoms with Crippen molar-refractivity contribution < 1.29 is 18.3 Å². The Bertz CT molecular complexity index is 1030. The van der Waals surface area contributed by atoms with Gasteiger partial charge in [-0.2, -0.15) is 0 Å². The highest BCUT2D eigenvalue weighted by Gasteiger charge is 2.25. The van der Waals surface area contributed by atoms with Crippen molar-refractivity contribution in [2.75, 3.05) is 26.7 Å². The van der Waals surface area contributed by atoms with Gasteiger partial charge in [0.25, 0.3) is 12.3 Å². The van der Waals surface area contributed by atoms with Crippen LogP contribution in [0.2, 0.25) is 0 Å². The number of methoxy groups -OCH3 is 1. The van der Waals surface area contributed by atoms with Gasteiger partial charge in [0.15, 0.2) is 5.65 Å². The number of fused-ring (bicyclic) bond motifs is 1. The maximum Gasteiger partial charge on any atom is 0.297 e. The van der Waals surface area contributed by atoms with E-state index in [2.05, 4.69) is 20.4 Å². The predicted molar refractivity (Wildman–Crippen MR) is 107 cm³/mol. The number of amides is 1. The standard InChI is InChI=1S/C21H23F2N5O2/c1-30-16-6-4-5-14(11-16)17(27-9-2-3-10-27)12-24-21(29)15-7-8-18-25-26-20(19(22)23)28(18)13-15/h4-8,11,13,17,19H,2-3,9-10,12H2,1H3,(H,24,29)/t17-/m1/s1. The van der Waals surface area contributed by atoms with Crippen molar-refractivity contribution in [3.63, 3.8) is 0 Å². The van der Waals surface area contributed by atoms with Crippen LogP contribution in [0.15, 0.2) is 42.6 Å². The lowest BCUT2D eigenvalue weighted by Crippen LogP contribution is -2.36. The van der Waals surface area contributed by atoms with Gasteiger partial charge in [-0.25, -0.2) is 8.78 Å². The van der Waals surface area contributed by atoms with E-state index in [-0.39, 0.29) is 23.2 Å². The molecule has 3 heterocycles. The highest BCUT2D eigenvalue weighted by molar-refractivity contribution is 5.94. The minimum absolute atomic E-state index is 0.00168. The van der Waals surface area contributed by atoms with Crippen molar-refractivity contribution in [1.29, 1.82) is 0 Å². The van der Waals surface area contributed by atoms with Gasteiger partial charge in [0.2, 0.25) is 5.82 Å². The summed E-state index contributed by atoms with van der Waals surface area (Å²) in [5, 5.41) is 10.2. The summed E-state index contributed by atoms with van der Waals surface area (Å²) in [7, 11) is 1.63. The molecular formula is C21H23F2N5O2. The SMILES string of the molecule is COc1cccc([C@@H](CNC(=O)c2ccc3nnc(C(F)F)n3c2)N2CCCC2)c1. The van der Waals surface area contributed by atoms with Crippen LogP contribution in [0.5, 0.6) is 5.75 Å². The Balaban J connectivity index is 1.53. The van der Waals surface area contributed by atoms with E-state index >= 15 is 0 Å². The summed E-state index contributed by atoms with van der Waals surface area (Å²) in [6.07, 6.45) is 0.818. The number of halogens is 2. The second-order valence-electron chi connectivity index (χ2n) is 7.25. The van der Waals surface area contributed by atoms with Crippen molar-refractivity contribution in [2.24, 2.45) is 0 Å². The van der Waals surface area contributed by atoms with Crippen molar-refractivity contribution in [3.05, 3.63) is 59.5 Å². The zero-order valence-electron chi connectivity index (χ0n) is 16.6. The number of carbonyl (C=O) groups excluding carboxylic acids is 1. The van der Waals surface area contributed by atoms with Gasteiger partial charge in [-0.1, -0.05) is 12.1 Å². The lowest BCUT2D eigenvalue weighted by atomic mass is 10.0. The normalized spacial score (nSPS) is 15.6. The first-order valence-corrected chi connectivity index (χ1v) is 9.86. The van der Waals surface area contributed by atoms with Gasteiger partial charge in [0.1, 0.15) is 5.75 Å². The fraction of sp³-hybridized carbons (Fsp3) is 0.381. The fourth-order valence-corrected chi connectivity index (χ4v) is 3.84. The summed E-state index contributed by atoms with van der Waals surface area (Å²) < 4.78 is 32.7. The summed E-state index contributed by atoms with van der Waals surface area (Å²) in [6.45, 7) is 2.32. The molecule has 0 spiro atoms. The van der Waals surface area contributed by atoms with E-state index in [1.807, 2.05) is 24.3 Å². The van der Waals surface area contributed by atoms with Crippen LogP contribution in [0.25, 0.3) is 5.65 Å². The second kappa shape index (κ2) is 8.74. The third kappa shape index (κ3) is 4.11. The number of rotatable bonds is 7. The Morgan fingerprint density at radius 3 is 2.73 bits per heavy atom. The third-order valence-corrected chi connectivity index (χ3v) is 5.40. The van der Waals surface area contributed by atoms with Gasteiger partial charge in [-0.3, -0.25) is 14.1 Å². The zero-order valence-corrected chi connectivity index (χ0v) is 16.6. The Morgan fingerprint density at radius 1 is 1.20 bits per heavy atom. The van der Waals surface area contributed by atoms with Crippen molar-refractivity contribution in [1.82, 2.24) is 24.8 Å².